The van der Waals surface area contributed by atoms with E-state index >= 15 is 0 Å². The van der Waals surface area contributed by atoms with Gasteiger partial charge in [-0.05, 0) is 23.8 Å². The van der Waals surface area contributed by atoms with Gasteiger partial charge in [-0.25, -0.2) is 4.39 Å². The van der Waals surface area contributed by atoms with Crippen LogP contribution in [0.15, 0.2) is 53.7 Å². The number of halogens is 2. The maximum atomic E-state index is 13.4. The standard InChI is InChI=1S/C17H15BrFN7/c18-15-7-13(19)2-1-12(15)8-25(9-14-3-4-21-23-14)10-16-17-24-22-11-26(17)6-5-20-16/h1-7,11H,8-10H2,(H,21,23). The van der Waals surface area contributed by atoms with E-state index in [0.29, 0.717) is 19.6 Å². The summed E-state index contributed by atoms with van der Waals surface area (Å²) in [6.07, 6.45) is 6.91. The molecule has 4 aromatic rings. The van der Waals surface area contributed by atoms with Crippen LogP contribution in [0.4, 0.5) is 4.39 Å². The van der Waals surface area contributed by atoms with Gasteiger partial charge in [0.15, 0.2) is 5.65 Å². The zero-order valence-corrected chi connectivity index (χ0v) is 15.3. The molecule has 0 aliphatic carbocycles. The summed E-state index contributed by atoms with van der Waals surface area (Å²) < 4.78 is 16.0. The smallest absolute Gasteiger partial charge is 0.183 e. The van der Waals surface area contributed by atoms with E-state index < -0.39 is 0 Å². The molecule has 4 rings (SSSR count). The summed E-state index contributed by atoms with van der Waals surface area (Å²) >= 11 is 3.44. The van der Waals surface area contributed by atoms with Crippen LogP contribution in [0, 0.1) is 5.82 Å². The molecule has 0 saturated carbocycles. The molecule has 0 amide bonds. The zero-order valence-electron chi connectivity index (χ0n) is 13.7. The van der Waals surface area contributed by atoms with Crippen molar-refractivity contribution >= 4 is 21.6 Å². The molecule has 0 spiro atoms. The number of nitrogens with zero attached hydrogens (tertiary/aromatic N) is 6. The van der Waals surface area contributed by atoms with Crippen LogP contribution in [0.3, 0.4) is 0 Å². The summed E-state index contributed by atoms with van der Waals surface area (Å²) in [5.74, 6) is -0.268. The minimum atomic E-state index is -0.268. The Morgan fingerprint density at radius 2 is 2.08 bits per heavy atom. The second-order valence-electron chi connectivity index (χ2n) is 5.90. The molecule has 9 heteroatoms. The van der Waals surface area contributed by atoms with Crippen molar-refractivity contribution in [3.8, 4) is 0 Å². The van der Waals surface area contributed by atoms with E-state index in [1.54, 1.807) is 24.8 Å². The van der Waals surface area contributed by atoms with Crippen LogP contribution in [0.2, 0.25) is 0 Å². The van der Waals surface area contributed by atoms with Crippen molar-refractivity contribution in [3.63, 3.8) is 0 Å². The van der Waals surface area contributed by atoms with Crippen molar-refractivity contribution < 1.29 is 4.39 Å². The third-order valence-electron chi connectivity index (χ3n) is 4.02. The molecular weight excluding hydrogens is 401 g/mol. The molecule has 1 N–H and O–H groups in total. The van der Waals surface area contributed by atoms with Crippen molar-refractivity contribution in [1.82, 2.24) is 34.7 Å². The first kappa shape index (κ1) is 16.8. The highest BCUT2D eigenvalue weighted by Crippen LogP contribution is 2.22. The molecule has 0 aliphatic rings. The van der Waals surface area contributed by atoms with E-state index in [1.807, 2.05) is 16.7 Å². The van der Waals surface area contributed by atoms with Gasteiger partial charge >= 0.3 is 0 Å². The van der Waals surface area contributed by atoms with Gasteiger partial charge in [0.1, 0.15) is 12.1 Å². The summed E-state index contributed by atoms with van der Waals surface area (Å²) in [5.41, 5.74) is 3.51. The highest BCUT2D eigenvalue weighted by molar-refractivity contribution is 9.10. The molecule has 3 heterocycles. The van der Waals surface area contributed by atoms with Gasteiger partial charge in [-0.1, -0.05) is 22.0 Å². The molecule has 0 saturated heterocycles. The first-order chi connectivity index (χ1) is 12.7. The van der Waals surface area contributed by atoms with Crippen LogP contribution in [-0.4, -0.2) is 34.7 Å². The third-order valence-corrected chi connectivity index (χ3v) is 4.76. The Labute approximate surface area is 157 Å². The summed E-state index contributed by atoms with van der Waals surface area (Å²) in [6.45, 7) is 1.81. The van der Waals surface area contributed by atoms with E-state index in [4.69, 9.17) is 0 Å². The van der Waals surface area contributed by atoms with Crippen LogP contribution in [0.5, 0.6) is 0 Å². The molecular formula is C17H15BrFN7. The van der Waals surface area contributed by atoms with Gasteiger partial charge in [0, 0.05) is 48.4 Å². The lowest BCUT2D eigenvalue weighted by molar-refractivity contribution is 0.241. The number of rotatable bonds is 6. The van der Waals surface area contributed by atoms with Crippen molar-refractivity contribution in [1.29, 1.82) is 0 Å². The Balaban J connectivity index is 1.63. The van der Waals surface area contributed by atoms with Crippen LogP contribution >= 0.6 is 15.9 Å². The molecule has 3 aromatic heterocycles. The number of nitrogens with one attached hydrogen (secondary N) is 1. The van der Waals surface area contributed by atoms with Gasteiger partial charge in [-0.15, -0.1) is 10.2 Å². The van der Waals surface area contributed by atoms with Gasteiger partial charge < -0.3 is 0 Å². The first-order valence-corrected chi connectivity index (χ1v) is 8.76. The molecule has 0 aliphatic heterocycles. The molecule has 0 radical (unpaired) electrons. The normalized spacial score (nSPS) is 11.5. The fourth-order valence-electron chi connectivity index (χ4n) is 2.81. The number of hydrogen-bond acceptors (Lipinski definition) is 5. The van der Waals surface area contributed by atoms with E-state index in [1.165, 1.54) is 12.1 Å². The highest BCUT2D eigenvalue weighted by atomic mass is 79.9. The van der Waals surface area contributed by atoms with Gasteiger partial charge in [0.05, 0.1) is 5.69 Å². The number of aromatic amines is 1. The lowest BCUT2D eigenvalue weighted by Gasteiger charge is -2.22. The van der Waals surface area contributed by atoms with E-state index in [2.05, 4.69) is 46.2 Å². The minimum Gasteiger partial charge on any atom is -0.287 e. The fraction of sp³-hybridized carbons (Fsp3) is 0.176. The predicted octanol–water partition coefficient (Wildman–Crippen LogP) is 2.95. The minimum absolute atomic E-state index is 0.268. The Hall–Kier alpha value is -2.65. The third kappa shape index (κ3) is 3.63. The maximum absolute atomic E-state index is 13.4. The fourth-order valence-corrected chi connectivity index (χ4v) is 3.28. The van der Waals surface area contributed by atoms with Crippen molar-refractivity contribution in [2.45, 2.75) is 19.6 Å². The average molecular weight is 416 g/mol. The zero-order chi connectivity index (χ0) is 17.9. The monoisotopic (exact) mass is 415 g/mol. The Kier molecular flexibility index (Phi) is 4.72. The molecule has 132 valence electrons. The number of fused-ring (bicyclic) bond motifs is 1. The molecule has 26 heavy (non-hydrogen) atoms. The number of benzene rings is 1. The lowest BCUT2D eigenvalue weighted by Crippen LogP contribution is -2.24. The van der Waals surface area contributed by atoms with Gasteiger partial charge in [-0.3, -0.25) is 19.4 Å². The highest BCUT2D eigenvalue weighted by Gasteiger charge is 2.15. The van der Waals surface area contributed by atoms with Gasteiger partial charge in [0.2, 0.25) is 0 Å². The molecule has 0 unspecified atom stereocenters. The second-order valence-corrected chi connectivity index (χ2v) is 6.75. The molecule has 0 atom stereocenters. The maximum Gasteiger partial charge on any atom is 0.183 e. The Morgan fingerprint density at radius 3 is 2.88 bits per heavy atom. The number of H-pyrrole nitrogens is 1. The van der Waals surface area contributed by atoms with Gasteiger partial charge in [0.25, 0.3) is 0 Å². The second kappa shape index (κ2) is 7.30. The van der Waals surface area contributed by atoms with Crippen LogP contribution in [0.1, 0.15) is 17.0 Å². The molecule has 7 nitrogen and oxygen atoms in total. The SMILES string of the molecule is Fc1ccc(CN(Cc2ccn[nH]2)Cc2nccn3cnnc23)c(Br)c1. The van der Waals surface area contributed by atoms with E-state index in [0.717, 1.165) is 27.1 Å². The number of hydrogen-bond donors (Lipinski definition) is 1. The molecule has 0 bridgehead atoms. The lowest BCUT2D eigenvalue weighted by atomic mass is 10.2. The molecule has 1 aromatic carbocycles. The summed E-state index contributed by atoms with van der Waals surface area (Å²) in [4.78, 5) is 6.65. The predicted molar refractivity (Wildman–Crippen MR) is 96.4 cm³/mol. The van der Waals surface area contributed by atoms with Gasteiger partial charge in [-0.2, -0.15) is 5.10 Å². The Morgan fingerprint density at radius 1 is 1.15 bits per heavy atom. The first-order valence-electron chi connectivity index (χ1n) is 7.97. The van der Waals surface area contributed by atoms with E-state index in [9.17, 15) is 4.39 Å². The average Bonchev–Trinajstić information content (AvgIpc) is 3.29. The van der Waals surface area contributed by atoms with Crippen LogP contribution in [0.25, 0.3) is 5.65 Å². The summed E-state index contributed by atoms with van der Waals surface area (Å²) in [5, 5.41) is 15.1. The summed E-state index contributed by atoms with van der Waals surface area (Å²) in [6, 6.07) is 6.65. The summed E-state index contributed by atoms with van der Waals surface area (Å²) in [7, 11) is 0. The van der Waals surface area contributed by atoms with Crippen LogP contribution < -0.4 is 0 Å². The van der Waals surface area contributed by atoms with Crippen molar-refractivity contribution in [2.24, 2.45) is 0 Å². The topological polar surface area (TPSA) is 75.0 Å². The molecule has 0 fully saturated rings. The van der Waals surface area contributed by atoms with Crippen molar-refractivity contribution in [2.75, 3.05) is 0 Å². The van der Waals surface area contributed by atoms with Crippen LogP contribution in [-0.2, 0) is 19.6 Å². The van der Waals surface area contributed by atoms with Crippen molar-refractivity contribution in [3.05, 3.63) is 76.4 Å². The number of aromatic nitrogens is 6. The van der Waals surface area contributed by atoms with E-state index in [-0.39, 0.29) is 5.82 Å². The Bertz CT molecular complexity index is 1020. The quantitative estimate of drug-likeness (QED) is 0.523. The largest absolute Gasteiger partial charge is 0.287 e.